The van der Waals surface area contributed by atoms with Crippen molar-refractivity contribution in [2.75, 3.05) is 6.54 Å². The lowest BCUT2D eigenvalue weighted by atomic mass is 10.1. The summed E-state index contributed by atoms with van der Waals surface area (Å²) in [6.07, 6.45) is 1.61. The van der Waals surface area contributed by atoms with E-state index in [9.17, 15) is 17.6 Å². The number of benzene rings is 1. The largest absolute Gasteiger partial charge is 0.478 e. The highest BCUT2D eigenvalue weighted by atomic mass is 32.2. The highest BCUT2D eigenvalue weighted by Gasteiger charge is 2.37. The van der Waals surface area contributed by atoms with Gasteiger partial charge in [0.15, 0.2) is 0 Å². The predicted molar refractivity (Wildman–Crippen MR) is 70.7 cm³/mol. The van der Waals surface area contributed by atoms with E-state index < -0.39 is 27.4 Å². The summed E-state index contributed by atoms with van der Waals surface area (Å²) in [4.78, 5) is 10.8. The lowest BCUT2D eigenvalue weighted by molar-refractivity contribution is 0.0691. The average molecular weight is 301 g/mol. The van der Waals surface area contributed by atoms with Gasteiger partial charge in [0.2, 0.25) is 10.0 Å². The fourth-order valence-corrected chi connectivity index (χ4v) is 3.97. The van der Waals surface area contributed by atoms with Crippen LogP contribution in [0.2, 0.25) is 0 Å². The maximum atomic E-state index is 13.7. The van der Waals surface area contributed by atoms with Gasteiger partial charge in [-0.2, -0.15) is 4.31 Å². The van der Waals surface area contributed by atoms with Gasteiger partial charge in [-0.25, -0.2) is 17.6 Å². The number of carboxylic acid groups (broad SMARTS) is 1. The molecular weight excluding hydrogens is 285 g/mol. The molecule has 0 heterocycles. The van der Waals surface area contributed by atoms with Gasteiger partial charge < -0.3 is 5.11 Å². The molecular formula is C13H16FNO4S. The van der Waals surface area contributed by atoms with E-state index in [-0.39, 0.29) is 16.5 Å². The fraction of sp³-hybridized carbons (Fsp3) is 0.462. The number of aryl methyl sites for hydroxylation is 1. The van der Waals surface area contributed by atoms with Crippen molar-refractivity contribution in [3.05, 3.63) is 29.1 Å². The molecule has 0 aromatic heterocycles. The van der Waals surface area contributed by atoms with Crippen molar-refractivity contribution in [2.24, 2.45) is 0 Å². The quantitative estimate of drug-likeness (QED) is 0.902. The third kappa shape index (κ3) is 2.55. The number of hydrogen-bond acceptors (Lipinski definition) is 3. The lowest BCUT2D eigenvalue weighted by Gasteiger charge is -2.20. The molecule has 1 fully saturated rings. The van der Waals surface area contributed by atoms with Crippen LogP contribution < -0.4 is 0 Å². The van der Waals surface area contributed by atoms with Crippen LogP contribution in [0.1, 0.15) is 35.7 Å². The van der Waals surface area contributed by atoms with Gasteiger partial charge in [0.25, 0.3) is 0 Å². The maximum Gasteiger partial charge on any atom is 0.338 e. The summed E-state index contributed by atoms with van der Waals surface area (Å²) in [5.41, 5.74) is -0.606. The van der Waals surface area contributed by atoms with E-state index in [0.29, 0.717) is 6.54 Å². The van der Waals surface area contributed by atoms with E-state index in [1.165, 1.54) is 17.3 Å². The second-order valence-corrected chi connectivity index (χ2v) is 6.74. The summed E-state index contributed by atoms with van der Waals surface area (Å²) in [6, 6.07) is 2.05. The molecule has 1 aromatic rings. The number of nitrogens with zero attached hydrogens (tertiary/aromatic N) is 1. The number of sulfonamides is 1. The van der Waals surface area contributed by atoms with Crippen LogP contribution in [0, 0.1) is 12.7 Å². The van der Waals surface area contributed by atoms with Gasteiger partial charge in [0, 0.05) is 12.6 Å². The zero-order valence-corrected chi connectivity index (χ0v) is 12.1. The molecule has 0 unspecified atom stereocenters. The number of hydrogen-bond donors (Lipinski definition) is 1. The standard InChI is InChI=1S/C13H16FNO4S/c1-3-15(9-4-5-9)20(18,19)10-6-8(2)12(14)11(7-10)13(16)17/h6-7,9H,3-5H2,1-2H3,(H,16,17). The van der Waals surface area contributed by atoms with Crippen molar-refractivity contribution >= 4 is 16.0 Å². The average Bonchev–Trinajstić information content (AvgIpc) is 3.16. The zero-order valence-electron chi connectivity index (χ0n) is 11.3. The van der Waals surface area contributed by atoms with Gasteiger partial charge in [-0.05, 0) is 37.5 Å². The third-order valence-electron chi connectivity index (χ3n) is 3.33. The molecule has 1 N–H and O–H groups in total. The maximum absolute atomic E-state index is 13.7. The van der Waals surface area contributed by atoms with E-state index in [2.05, 4.69) is 0 Å². The second-order valence-electron chi connectivity index (χ2n) is 4.85. The first kappa shape index (κ1) is 14.9. The van der Waals surface area contributed by atoms with Gasteiger partial charge in [-0.3, -0.25) is 0 Å². The predicted octanol–water partition coefficient (Wildman–Crippen LogP) is 2.01. The van der Waals surface area contributed by atoms with Crippen LogP contribution in [0.4, 0.5) is 4.39 Å². The molecule has 0 saturated heterocycles. The lowest BCUT2D eigenvalue weighted by Crippen LogP contribution is -2.33. The summed E-state index contributed by atoms with van der Waals surface area (Å²) in [5, 5.41) is 8.95. The van der Waals surface area contributed by atoms with Gasteiger partial charge in [0.05, 0.1) is 10.5 Å². The molecule has 1 saturated carbocycles. The van der Waals surface area contributed by atoms with E-state index in [0.717, 1.165) is 18.9 Å². The highest BCUT2D eigenvalue weighted by molar-refractivity contribution is 7.89. The second kappa shape index (κ2) is 5.14. The van der Waals surface area contributed by atoms with E-state index in [1.54, 1.807) is 6.92 Å². The van der Waals surface area contributed by atoms with E-state index >= 15 is 0 Å². The molecule has 1 aromatic carbocycles. The number of carboxylic acids is 1. The molecule has 7 heteroatoms. The highest BCUT2D eigenvalue weighted by Crippen LogP contribution is 2.32. The van der Waals surface area contributed by atoms with Crippen molar-refractivity contribution in [1.82, 2.24) is 4.31 Å². The molecule has 1 aliphatic rings. The monoisotopic (exact) mass is 301 g/mol. The molecule has 20 heavy (non-hydrogen) atoms. The molecule has 0 aliphatic heterocycles. The molecule has 0 bridgehead atoms. The van der Waals surface area contributed by atoms with Crippen LogP contribution in [0.5, 0.6) is 0 Å². The molecule has 0 amide bonds. The Morgan fingerprint density at radius 2 is 2.05 bits per heavy atom. The minimum atomic E-state index is -3.78. The fourth-order valence-electron chi connectivity index (χ4n) is 2.16. The topological polar surface area (TPSA) is 74.7 Å². The Bertz CT molecular complexity index is 653. The molecule has 0 spiro atoms. The van der Waals surface area contributed by atoms with Crippen molar-refractivity contribution in [1.29, 1.82) is 0 Å². The first-order valence-electron chi connectivity index (χ1n) is 6.34. The van der Waals surface area contributed by atoms with Crippen molar-refractivity contribution in [3.8, 4) is 0 Å². The van der Waals surface area contributed by atoms with Gasteiger partial charge in [-0.15, -0.1) is 0 Å². The van der Waals surface area contributed by atoms with Crippen molar-refractivity contribution < 1.29 is 22.7 Å². The first-order valence-corrected chi connectivity index (χ1v) is 7.78. The molecule has 0 radical (unpaired) electrons. The van der Waals surface area contributed by atoms with Gasteiger partial charge >= 0.3 is 5.97 Å². The van der Waals surface area contributed by atoms with E-state index in [1.807, 2.05) is 0 Å². The van der Waals surface area contributed by atoms with Crippen LogP contribution in [0.3, 0.4) is 0 Å². The molecule has 110 valence electrons. The Labute approximate surface area is 117 Å². The van der Waals surface area contributed by atoms with Crippen LogP contribution >= 0.6 is 0 Å². The third-order valence-corrected chi connectivity index (χ3v) is 5.34. The normalized spacial score (nSPS) is 15.6. The summed E-state index contributed by atoms with van der Waals surface area (Å²) in [6.45, 7) is 3.39. The van der Waals surface area contributed by atoms with Crippen molar-refractivity contribution in [2.45, 2.75) is 37.6 Å². The first-order chi connectivity index (χ1) is 9.28. The Kier molecular flexibility index (Phi) is 3.84. The van der Waals surface area contributed by atoms with Gasteiger partial charge in [0.1, 0.15) is 5.82 Å². The van der Waals surface area contributed by atoms with Crippen LogP contribution in [0.15, 0.2) is 17.0 Å². The van der Waals surface area contributed by atoms with Gasteiger partial charge in [-0.1, -0.05) is 6.92 Å². The summed E-state index contributed by atoms with van der Waals surface area (Å²) < 4.78 is 40.0. The number of carbonyl (C=O) groups is 1. The van der Waals surface area contributed by atoms with Crippen LogP contribution in [0.25, 0.3) is 0 Å². The van der Waals surface area contributed by atoms with Crippen LogP contribution in [-0.4, -0.2) is 36.4 Å². The van der Waals surface area contributed by atoms with Crippen molar-refractivity contribution in [3.63, 3.8) is 0 Å². The Balaban J connectivity index is 2.54. The Hall–Kier alpha value is -1.47. The minimum absolute atomic E-state index is 0.00956. The molecule has 0 atom stereocenters. The summed E-state index contributed by atoms with van der Waals surface area (Å²) in [7, 11) is -3.78. The Morgan fingerprint density at radius 1 is 1.45 bits per heavy atom. The SMILES string of the molecule is CCN(C1CC1)S(=O)(=O)c1cc(C)c(F)c(C(=O)O)c1. The molecule has 1 aliphatic carbocycles. The minimum Gasteiger partial charge on any atom is -0.478 e. The Morgan fingerprint density at radius 3 is 2.50 bits per heavy atom. The number of halogens is 1. The zero-order chi connectivity index (χ0) is 15.1. The molecule has 5 nitrogen and oxygen atoms in total. The van der Waals surface area contributed by atoms with E-state index in [4.69, 9.17) is 5.11 Å². The smallest absolute Gasteiger partial charge is 0.338 e. The number of aromatic carboxylic acids is 1. The summed E-state index contributed by atoms with van der Waals surface area (Å²) in [5.74, 6) is -2.37. The molecule has 2 rings (SSSR count). The van der Waals surface area contributed by atoms with Crippen LogP contribution in [-0.2, 0) is 10.0 Å². The summed E-state index contributed by atoms with van der Waals surface area (Å²) >= 11 is 0. The number of rotatable bonds is 5.